The Morgan fingerprint density at radius 3 is 0.971 bits per heavy atom. The standard InChI is InChI=1S/C31H40.C3H8/c1-14-16(3)22(9)30-26(18(5)24(11)28(30)20(14)7)13-27-19(6)25(12)29-21(8)15(2)17(4)23(10)31(27)29;1-3-2/h26-27H,13H2,1-12H3;3H2,1-2H3. The number of allylic oxidation sites excluding steroid dienone is 4. The van der Waals surface area contributed by atoms with E-state index in [4.69, 9.17) is 0 Å². The van der Waals surface area contributed by atoms with Crippen LogP contribution in [-0.4, -0.2) is 0 Å². The van der Waals surface area contributed by atoms with Gasteiger partial charge in [-0.25, -0.2) is 0 Å². The molecular weight excluding hydrogens is 408 g/mol. The number of fused-ring (bicyclic) bond motifs is 2. The molecule has 2 unspecified atom stereocenters. The van der Waals surface area contributed by atoms with Gasteiger partial charge in [-0.15, -0.1) is 0 Å². The van der Waals surface area contributed by atoms with Crippen molar-refractivity contribution in [2.75, 3.05) is 0 Å². The van der Waals surface area contributed by atoms with Gasteiger partial charge in [0, 0.05) is 11.8 Å². The third-order valence-electron chi connectivity index (χ3n) is 9.62. The van der Waals surface area contributed by atoms with Crippen LogP contribution in [0.4, 0.5) is 0 Å². The highest BCUT2D eigenvalue weighted by atomic mass is 14.4. The van der Waals surface area contributed by atoms with Crippen molar-refractivity contribution in [2.24, 2.45) is 0 Å². The van der Waals surface area contributed by atoms with E-state index < -0.39 is 0 Å². The van der Waals surface area contributed by atoms with Gasteiger partial charge in [0.2, 0.25) is 0 Å². The monoisotopic (exact) mass is 456 g/mol. The van der Waals surface area contributed by atoms with E-state index in [0.717, 1.165) is 0 Å². The Balaban J connectivity index is 0.00000103. The van der Waals surface area contributed by atoms with Gasteiger partial charge in [0.15, 0.2) is 0 Å². The van der Waals surface area contributed by atoms with Crippen molar-refractivity contribution in [1.29, 1.82) is 0 Å². The van der Waals surface area contributed by atoms with Crippen molar-refractivity contribution in [3.05, 3.63) is 77.9 Å². The summed E-state index contributed by atoms with van der Waals surface area (Å²) in [7, 11) is 0. The first-order valence-corrected chi connectivity index (χ1v) is 13.4. The van der Waals surface area contributed by atoms with Crippen LogP contribution < -0.4 is 0 Å². The summed E-state index contributed by atoms with van der Waals surface area (Å²) >= 11 is 0. The van der Waals surface area contributed by atoms with Crippen LogP contribution in [0.15, 0.2) is 11.1 Å². The van der Waals surface area contributed by atoms with Gasteiger partial charge in [0.1, 0.15) is 0 Å². The summed E-state index contributed by atoms with van der Waals surface area (Å²) in [4.78, 5) is 0. The SMILES string of the molecule is CC1=C(C)C(CC2C(C)=C(C)c3c(C)c(C)c(C)c(C)c32)c2c(C)c(C)c(C)c(C)c21.CCC. The molecule has 2 aliphatic carbocycles. The maximum Gasteiger partial charge on any atom is 0.00691 e. The molecule has 0 aliphatic heterocycles. The zero-order valence-corrected chi connectivity index (χ0v) is 24.6. The largest absolute Gasteiger partial charge is 0.0656 e. The van der Waals surface area contributed by atoms with Crippen LogP contribution in [0.3, 0.4) is 0 Å². The average molecular weight is 457 g/mol. The maximum atomic E-state index is 2.39. The van der Waals surface area contributed by atoms with Crippen LogP contribution >= 0.6 is 0 Å². The summed E-state index contributed by atoms with van der Waals surface area (Å²) in [5, 5.41) is 0. The number of hydrogen-bond acceptors (Lipinski definition) is 0. The summed E-state index contributed by atoms with van der Waals surface area (Å²) in [6.07, 6.45) is 2.44. The molecule has 0 nitrogen and oxygen atoms in total. The molecule has 0 saturated carbocycles. The average Bonchev–Trinajstić information content (AvgIpc) is 3.19. The molecule has 0 saturated heterocycles. The summed E-state index contributed by atoms with van der Waals surface area (Å²) in [6.45, 7) is 32.4. The fourth-order valence-electron chi connectivity index (χ4n) is 6.70. The minimum Gasteiger partial charge on any atom is -0.0656 e. The van der Waals surface area contributed by atoms with Gasteiger partial charge in [-0.1, -0.05) is 31.4 Å². The minimum absolute atomic E-state index is 0.521. The molecule has 2 aliphatic rings. The molecule has 2 aromatic carbocycles. The highest BCUT2D eigenvalue weighted by Crippen LogP contribution is 2.55. The summed E-state index contributed by atoms with van der Waals surface area (Å²) in [6, 6.07) is 0. The molecule has 34 heavy (non-hydrogen) atoms. The van der Waals surface area contributed by atoms with Crippen LogP contribution in [0, 0.1) is 55.4 Å². The van der Waals surface area contributed by atoms with Gasteiger partial charge >= 0.3 is 0 Å². The first-order valence-electron chi connectivity index (χ1n) is 13.4. The second-order valence-corrected chi connectivity index (χ2v) is 11.2. The molecule has 0 spiro atoms. The third kappa shape index (κ3) is 3.73. The zero-order valence-electron chi connectivity index (χ0n) is 24.6. The molecule has 184 valence electrons. The lowest BCUT2D eigenvalue weighted by atomic mass is 9.77. The second-order valence-electron chi connectivity index (χ2n) is 11.2. The first-order chi connectivity index (χ1) is 15.8. The van der Waals surface area contributed by atoms with Gasteiger partial charge in [0.05, 0.1) is 0 Å². The lowest BCUT2D eigenvalue weighted by Gasteiger charge is -2.27. The van der Waals surface area contributed by atoms with Gasteiger partial charge < -0.3 is 0 Å². The van der Waals surface area contributed by atoms with E-state index >= 15 is 0 Å². The van der Waals surface area contributed by atoms with Crippen molar-refractivity contribution < 1.29 is 0 Å². The zero-order chi connectivity index (χ0) is 25.8. The predicted molar refractivity (Wildman–Crippen MR) is 153 cm³/mol. The smallest absolute Gasteiger partial charge is 0.00691 e. The minimum atomic E-state index is 0.521. The fraction of sp³-hybridized carbons (Fsp3) is 0.529. The molecule has 0 radical (unpaired) electrons. The lowest BCUT2D eigenvalue weighted by Crippen LogP contribution is -2.11. The van der Waals surface area contributed by atoms with Crippen LogP contribution in [-0.2, 0) is 0 Å². The second kappa shape index (κ2) is 9.52. The molecule has 0 fully saturated rings. The number of rotatable bonds is 2. The van der Waals surface area contributed by atoms with E-state index in [1.54, 1.807) is 33.4 Å². The van der Waals surface area contributed by atoms with Crippen molar-refractivity contribution in [3.8, 4) is 0 Å². The quantitative estimate of drug-likeness (QED) is 0.421. The van der Waals surface area contributed by atoms with E-state index in [1.807, 2.05) is 0 Å². The molecule has 2 aromatic rings. The highest BCUT2D eigenvalue weighted by Gasteiger charge is 2.37. The van der Waals surface area contributed by atoms with E-state index in [-0.39, 0.29) is 0 Å². The molecule has 0 heteroatoms. The van der Waals surface area contributed by atoms with E-state index in [1.165, 1.54) is 68.5 Å². The van der Waals surface area contributed by atoms with Gasteiger partial charge in [-0.05, 0) is 167 Å². The fourth-order valence-corrected chi connectivity index (χ4v) is 6.70. The Labute approximate surface area is 210 Å². The summed E-state index contributed by atoms with van der Waals surface area (Å²) in [5.74, 6) is 1.04. The van der Waals surface area contributed by atoms with Crippen LogP contribution in [0.1, 0.15) is 133 Å². The highest BCUT2D eigenvalue weighted by molar-refractivity contribution is 5.83. The first kappa shape index (κ1) is 26.5. The number of benzene rings is 2. The summed E-state index contributed by atoms with van der Waals surface area (Å²) in [5.41, 5.74) is 24.5. The molecule has 4 rings (SSSR count). The van der Waals surface area contributed by atoms with E-state index in [0.29, 0.717) is 11.8 Å². The van der Waals surface area contributed by atoms with Crippen molar-refractivity contribution in [3.63, 3.8) is 0 Å². The third-order valence-corrected chi connectivity index (χ3v) is 9.62. The molecule has 0 aromatic heterocycles. The Morgan fingerprint density at radius 1 is 0.412 bits per heavy atom. The van der Waals surface area contributed by atoms with E-state index in [9.17, 15) is 0 Å². The molecule has 0 N–H and O–H groups in total. The van der Waals surface area contributed by atoms with Gasteiger partial charge in [0.25, 0.3) is 0 Å². The molecule has 0 heterocycles. The van der Waals surface area contributed by atoms with Crippen LogP contribution in [0.2, 0.25) is 0 Å². The predicted octanol–water partition coefficient (Wildman–Crippen LogP) is 10.4. The molecule has 0 bridgehead atoms. The van der Waals surface area contributed by atoms with Crippen LogP contribution in [0.25, 0.3) is 11.1 Å². The Morgan fingerprint density at radius 2 is 0.676 bits per heavy atom. The van der Waals surface area contributed by atoms with Crippen molar-refractivity contribution in [1.82, 2.24) is 0 Å². The Bertz CT molecular complexity index is 1130. The molecular formula is C34H48. The maximum absolute atomic E-state index is 2.39. The van der Waals surface area contributed by atoms with Gasteiger partial charge in [-0.3, -0.25) is 0 Å². The Hall–Kier alpha value is -2.08. The lowest BCUT2D eigenvalue weighted by molar-refractivity contribution is 0.635. The topological polar surface area (TPSA) is 0 Å². The normalized spacial score (nSPS) is 18.9. The van der Waals surface area contributed by atoms with Crippen molar-refractivity contribution in [2.45, 2.75) is 122 Å². The van der Waals surface area contributed by atoms with E-state index in [2.05, 4.69) is 96.9 Å². The number of hydrogen-bond donors (Lipinski definition) is 0. The Kier molecular flexibility index (Phi) is 7.43. The molecule has 2 atom stereocenters. The molecule has 0 amide bonds. The van der Waals surface area contributed by atoms with Crippen molar-refractivity contribution >= 4 is 11.1 Å². The summed E-state index contributed by atoms with van der Waals surface area (Å²) < 4.78 is 0. The van der Waals surface area contributed by atoms with Gasteiger partial charge in [-0.2, -0.15) is 0 Å². The van der Waals surface area contributed by atoms with Crippen LogP contribution in [0.5, 0.6) is 0 Å².